The van der Waals surface area contributed by atoms with E-state index in [1.54, 1.807) is 6.92 Å². The van der Waals surface area contributed by atoms with Gasteiger partial charge in [-0.15, -0.1) is 0 Å². The lowest BCUT2D eigenvalue weighted by Crippen LogP contribution is -2.29. The van der Waals surface area contributed by atoms with E-state index in [1.165, 1.54) is 13.1 Å². The van der Waals surface area contributed by atoms with Gasteiger partial charge in [0.1, 0.15) is 5.82 Å². The molecule has 1 aromatic rings. The normalized spacial score (nSPS) is 11.8. The van der Waals surface area contributed by atoms with Crippen molar-refractivity contribution in [3.8, 4) is 0 Å². The van der Waals surface area contributed by atoms with Gasteiger partial charge in [-0.25, -0.2) is 12.8 Å². The molecule has 0 bridgehead atoms. The summed E-state index contributed by atoms with van der Waals surface area (Å²) < 4.78 is 38.6. The molecule has 1 N–H and O–H groups in total. The lowest BCUT2D eigenvalue weighted by molar-refractivity contribution is 0.278. The van der Waals surface area contributed by atoms with Crippen molar-refractivity contribution in [1.82, 2.24) is 4.31 Å². The van der Waals surface area contributed by atoms with Crippen LogP contribution in [0.1, 0.15) is 12.5 Å². The summed E-state index contributed by atoms with van der Waals surface area (Å²) in [6.45, 7) is 5.01. The quantitative estimate of drug-likeness (QED) is 0.827. The van der Waals surface area contributed by atoms with Crippen LogP contribution in [0.4, 0.5) is 4.39 Å². The van der Waals surface area contributed by atoms with Crippen molar-refractivity contribution in [2.45, 2.75) is 18.4 Å². The zero-order valence-corrected chi connectivity index (χ0v) is 11.2. The SMILES string of the molecule is C=C(C)CN(C)S(=O)(=O)c1cc(F)ccc1CO. The molecule has 100 valence electrons. The fourth-order valence-electron chi connectivity index (χ4n) is 1.53. The fraction of sp³-hybridized carbons (Fsp3) is 0.333. The Morgan fingerprint density at radius 2 is 2.11 bits per heavy atom. The molecule has 1 rings (SSSR count). The van der Waals surface area contributed by atoms with Gasteiger partial charge in [0, 0.05) is 13.6 Å². The molecule has 0 radical (unpaired) electrons. The van der Waals surface area contributed by atoms with Crippen molar-refractivity contribution in [1.29, 1.82) is 0 Å². The zero-order chi connectivity index (χ0) is 13.9. The van der Waals surface area contributed by atoms with Gasteiger partial charge >= 0.3 is 0 Å². The third kappa shape index (κ3) is 3.16. The van der Waals surface area contributed by atoms with Crippen LogP contribution in [0.5, 0.6) is 0 Å². The zero-order valence-electron chi connectivity index (χ0n) is 10.4. The summed E-state index contributed by atoms with van der Waals surface area (Å²) in [5.74, 6) is -0.658. The Labute approximate surface area is 106 Å². The summed E-state index contributed by atoms with van der Waals surface area (Å²) >= 11 is 0. The summed E-state index contributed by atoms with van der Waals surface area (Å²) in [7, 11) is -2.44. The second-order valence-electron chi connectivity index (χ2n) is 4.13. The average molecular weight is 273 g/mol. The van der Waals surface area contributed by atoms with Gasteiger partial charge in [-0.05, 0) is 24.6 Å². The minimum absolute atomic E-state index is 0.143. The summed E-state index contributed by atoms with van der Waals surface area (Å²) in [5.41, 5.74) is 0.841. The highest BCUT2D eigenvalue weighted by Crippen LogP contribution is 2.21. The Balaban J connectivity index is 3.27. The Hall–Kier alpha value is -1.24. The van der Waals surface area contributed by atoms with E-state index in [0.717, 1.165) is 16.4 Å². The smallest absolute Gasteiger partial charge is 0.243 e. The molecular weight excluding hydrogens is 257 g/mol. The van der Waals surface area contributed by atoms with Crippen LogP contribution in [0.15, 0.2) is 35.2 Å². The number of rotatable bonds is 5. The summed E-state index contributed by atoms with van der Waals surface area (Å²) in [6.07, 6.45) is 0. The number of likely N-dealkylation sites (N-methyl/N-ethyl adjacent to an activating group) is 1. The van der Waals surface area contributed by atoms with Crippen molar-refractivity contribution in [2.75, 3.05) is 13.6 Å². The van der Waals surface area contributed by atoms with E-state index in [4.69, 9.17) is 5.11 Å². The molecule has 6 heteroatoms. The first kappa shape index (κ1) is 14.8. The summed E-state index contributed by atoms with van der Waals surface area (Å²) in [5, 5.41) is 9.11. The highest BCUT2D eigenvalue weighted by atomic mass is 32.2. The van der Waals surface area contributed by atoms with Crippen LogP contribution in [0.25, 0.3) is 0 Å². The van der Waals surface area contributed by atoms with Crippen LogP contribution in [-0.4, -0.2) is 31.4 Å². The minimum Gasteiger partial charge on any atom is -0.392 e. The van der Waals surface area contributed by atoms with Crippen molar-refractivity contribution in [3.63, 3.8) is 0 Å². The molecule has 0 fully saturated rings. The molecule has 0 aliphatic heterocycles. The van der Waals surface area contributed by atoms with E-state index in [2.05, 4.69) is 6.58 Å². The average Bonchev–Trinajstić information content (AvgIpc) is 2.28. The van der Waals surface area contributed by atoms with Crippen LogP contribution in [0.3, 0.4) is 0 Å². The molecule has 0 spiro atoms. The maximum Gasteiger partial charge on any atom is 0.243 e. The van der Waals surface area contributed by atoms with E-state index in [-0.39, 0.29) is 17.0 Å². The number of nitrogens with zero attached hydrogens (tertiary/aromatic N) is 1. The molecule has 0 atom stereocenters. The molecule has 0 heterocycles. The van der Waals surface area contributed by atoms with Crippen LogP contribution in [0.2, 0.25) is 0 Å². The third-order valence-corrected chi connectivity index (χ3v) is 4.27. The maximum absolute atomic E-state index is 13.2. The Bertz CT molecular complexity index is 554. The van der Waals surface area contributed by atoms with E-state index in [0.29, 0.717) is 5.57 Å². The van der Waals surface area contributed by atoms with Crippen LogP contribution in [0, 0.1) is 5.82 Å². The van der Waals surface area contributed by atoms with Crippen LogP contribution < -0.4 is 0 Å². The molecule has 0 aliphatic carbocycles. The summed E-state index contributed by atoms with van der Waals surface area (Å²) in [4.78, 5) is -0.214. The number of sulfonamides is 1. The first-order chi connectivity index (χ1) is 8.28. The van der Waals surface area contributed by atoms with Gasteiger partial charge in [0.15, 0.2) is 0 Å². The fourth-order valence-corrected chi connectivity index (χ4v) is 2.98. The van der Waals surface area contributed by atoms with Crippen LogP contribution in [-0.2, 0) is 16.6 Å². The monoisotopic (exact) mass is 273 g/mol. The van der Waals surface area contributed by atoms with E-state index < -0.39 is 22.4 Å². The first-order valence-electron chi connectivity index (χ1n) is 5.29. The van der Waals surface area contributed by atoms with Crippen molar-refractivity contribution < 1.29 is 17.9 Å². The lowest BCUT2D eigenvalue weighted by atomic mass is 10.2. The van der Waals surface area contributed by atoms with Crippen molar-refractivity contribution in [3.05, 3.63) is 41.7 Å². The number of hydrogen-bond donors (Lipinski definition) is 1. The second kappa shape index (κ2) is 5.60. The number of aliphatic hydroxyl groups is 1. The van der Waals surface area contributed by atoms with Gasteiger partial charge in [0.2, 0.25) is 10.0 Å². The molecule has 4 nitrogen and oxygen atoms in total. The van der Waals surface area contributed by atoms with Gasteiger partial charge in [-0.2, -0.15) is 4.31 Å². The predicted molar refractivity (Wildman–Crippen MR) is 67.0 cm³/mol. The summed E-state index contributed by atoms with van der Waals surface area (Å²) in [6, 6.07) is 3.29. The van der Waals surface area contributed by atoms with Crippen molar-refractivity contribution >= 4 is 10.0 Å². The van der Waals surface area contributed by atoms with E-state index in [9.17, 15) is 12.8 Å². The maximum atomic E-state index is 13.2. The molecule has 0 unspecified atom stereocenters. The molecule has 0 aliphatic rings. The molecule has 18 heavy (non-hydrogen) atoms. The Morgan fingerprint density at radius 3 is 2.61 bits per heavy atom. The molecule has 0 saturated heterocycles. The largest absolute Gasteiger partial charge is 0.392 e. The second-order valence-corrected chi connectivity index (χ2v) is 6.14. The third-order valence-electron chi connectivity index (χ3n) is 2.38. The first-order valence-corrected chi connectivity index (χ1v) is 6.73. The minimum atomic E-state index is -3.83. The number of halogens is 1. The van der Waals surface area contributed by atoms with Gasteiger partial charge in [-0.1, -0.05) is 18.2 Å². The molecule has 0 amide bonds. The molecular formula is C12H16FNO3S. The van der Waals surface area contributed by atoms with Crippen LogP contribution >= 0.6 is 0 Å². The highest BCUT2D eigenvalue weighted by molar-refractivity contribution is 7.89. The topological polar surface area (TPSA) is 57.6 Å². The number of benzene rings is 1. The molecule has 1 aromatic carbocycles. The molecule has 0 aromatic heterocycles. The predicted octanol–water partition coefficient (Wildman–Crippen LogP) is 1.51. The van der Waals surface area contributed by atoms with Gasteiger partial charge < -0.3 is 5.11 Å². The number of aliphatic hydroxyl groups excluding tert-OH is 1. The standard InChI is InChI=1S/C12H16FNO3S/c1-9(2)7-14(3)18(16,17)12-6-11(13)5-4-10(12)8-15/h4-6,15H,1,7-8H2,2-3H3. The number of hydrogen-bond acceptors (Lipinski definition) is 3. The highest BCUT2D eigenvalue weighted by Gasteiger charge is 2.24. The van der Waals surface area contributed by atoms with Gasteiger partial charge in [0.25, 0.3) is 0 Å². The van der Waals surface area contributed by atoms with Crippen molar-refractivity contribution in [2.24, 2.45) is 0 Å². The molecule has 0 saturated carbocycles. The van der Waals surface area contributed by atoms with Gasteiger partial charge in [-0.3, -0.25) is 0 Å². The van der Waals surface area contributed by atoms with Gasteiger partial charge in [0.05, 0.1) is 11.5 Å². The lowest BCUT2D eigenvalue weighted by Gasteiger charge is -2.18. The Morgan fingerprint density at radius 1 is 1.50 bits per heavy atom. The van der Waals surface area contributed by atoms with E-state index >= 15 is 0 Å². The van der Waals surface area contributed by atoms with E-state index in [1.807, 2.05) is 0 Å². The Kier molecular flexibility index (Phi) is 4.61.